The zero-order valence-electron chi connectivity index (χ0n) is 14.0. The first-order chi connectivity index (χ1) is 12.2. The van der Waals surface area contributed by atoms with Gasteiger partial charge in [0.15, 0.2) is 23.0 Å². The molecule has 5 nitrogen and oxygen atoms in total. The molecule has 2 aromatic carbocycles. The summed E-state index contributed by atoms with van der Waals surface area (Å²) in [6, 6.07) is 10.1. The molecule has 1 atom stereocenters. The van der Waals surface area contributed by atoms with Crippen LogP contribution in [0.1, 0.15) is 24.1 Å². The summed E-state index contributed by atoms with van der Waals surface area (Å²) in [6.07, 6.45) is 0. The maximum Gasteiger partial charge on any atom is 0.165 e. The fourth-order valence-electron chi connectivity index (χ4n) is 3.06. The molecular weight excluding hydrogens is 386 g/mol. The normalized spacial score (nSPS) is 16.4. The second-order valence-corrected chi connectivity index (χ2v) is 6.92. The molecule has 2 aromatic rings. The summed E-state index contributed by atoms with van der Waals surface area (Å²) in [4.78, 5) is 0. The van der Waals surface area contributed by atoms with Gasteiger partial charge in [-0.2, -0.15) is 0 Å². The maximum absolute atomic E-state index is 5.78. The number of hydrogen-bond acceptors (Lipinski definition) is 5. The van der Waals surface area contributed by atoms with Crippen molar-refractivity contribution in [3.63, 3.8) is 0 Å². The van der Waals surface area contributed by atoms with Crippen LogP contribution in [0.25, 0.3) is 0 Å². The summed E-state index contributed by atoms with van der Waals surface area (Å²) >= 11 is 3.64. The maximum atomic E-state index is 5.78. The molecule has 0 unspecified atom stereocenters. The molecule has 0 fully saturated rings. The van der Waals surface area contributed by atoms with Gasteiger partial charge in [0, 0.05) is 22.6 Å². The SMILES string of the molecule is C[C@@H](NCc1cccc2c1OCCO2)c1cc2c(cc1Br)OCCO2. The van der Waals surface area contributed by atoms with E-state index in [1.54, 1.807) is 0 Å². The highest BCUT2D eigenvalue weighted by molar-refractivity contribution is 9.10. The number of hydrogen-bond donors (Lipinski definition) is 1. The van der Waals surface area contributed by atoms with E-state index < -0.39 is 0 Å². The van der Waals surface area contributed by atoms with E-state index in [4.69, 9.17) is 18.9 Å². The Morgan fingerprint density at radius 3 is 2.44 bits per heavy atom. The molecule has 4 rings (SSSR count). The fourth-order valence-corrected chi connectivity index (χ4v) is 3.72. The van der Waals surface area contributed by atoms with E-state index in [-0.39, 0.29) is 6.04 Å². The summed E-state index contributed by atoms with van der Waals surface area (Å²) in [6.45, 7) is 5.19. The average Bonchev–Trinajstić information content (AvgIpc) is 2.65. The molecule has 0 amide bonds. The minimum Gasteiger partial charge on any atom is -0.486 e. The van der Waals surface area contributed by atoms with E-state index in [1.807, 2.05) is 24.3 Å². The van der Waals surface area contributed by atoms with Crippen molar-refractivity contribution in [1.82, 2.24) is 5.32 Å². The second-order valence-electron chi connectivity index (χ2n) is 6.06. The number of nitrogens with one attached hydrogen (secondary N) is 1. The van der Waals surface area contributed by atoms with Gasteiger partial charge in [-0.15, -0.1) is 0 Å². The molecule has 0 aromatic heterocycles. The Balaban J connectivity index is 1.50. The Kier molecular flexibility index (Phi) is 4.72. The van der Waals surface area contributed by atoms with E-state index in [0.29, 0.717) is 33.0 Å². The van der Waals surface area contributed by atoms with E-state index in [0.717, 1.165) is 38.6 Å². The molecule has 0 radical (unpaired) electrons. The van der Waals surface area contributed by atoms with Crippen LogP contribution in [-0.4, -0.2) is 26.4 Å². The van der Waals surface area contributed by atoms with Crippen LogP contribution in [0.3, 0.4) is 0 Å². The molecule has 132 valence electrons. The monoisotopic (exact) mass is 405 g/mol. The van der Waals surface area contributed by atoms with Crippen molar-refractivity contribution in [1.29, 1.82) is 0 Å². The van der Waals surface area contributed by atoms with E-state index >= 15 is 0 Å². The third-order valence-corrected chi connectivity index (χ3v) is 5.06. The lowest BCUT2D eigenvalue weighted by atomic mass is 10.1. The topological polar surface area (TPSA) is 49.0 Å². The van der Waals surface area contributed by atoms with E-state index in [2.05, 4.69) is 34.2 Å². The molecule has 2 aliphatic rings. The lowest BCUT2D eigenvalue weighted by Crippen LogP contribution is -2.22. The zero-order chi connectivity index (χ0) is 17.2. The summed E-state index contributed by atoms with van der Waals surface area (Å²) in [5.41, 5.74) is 2.23. The number of fused-ring (bicyclic) bond motifs is 2. The molecule has 2 heterocycles. The quantitative estimate of drug-likeness (QED) is 0.836. The number of halogens is 1. The van der Waals surface area contributed by atoms with Crippen LogP contribution < -0.4 is 24.3 Å². The van der Waals surface area contributed by atoms with Crippen molar-refractivity contribution < 1.29 is 18.9 Å². The fraction of sp³-hybridized carbons (Fsp3) is 0.368. The largest absolute Gasteiger partial charge is 0.486 e. The van der Waals surface area contributed by atoms with Crippen LogP contribution >= 0.6 is 15.9 Å². The predicted molar refractivity (Wildman–Crippen MR) is 97.8 cm³/mol. The Bertz CT molecular complexity index is 780. The molecule has 0 aliphatic carbocycles. The molecule has 1 N–H and O–H groups in total. The second kappa shape index (κ2) is 7.14. The van der Waals surface area contributed by atoms with Gasteiger partial charge in [-0.1, -0.05) is 28.1 Å². The van der Waals surface area contributed by atoms with E-state index in [1.165, 1.54) is 0 Å². The lowest BCUT2D eigenvalue weighted by molar-refractivity contribution is 0.169. The van der Waals surface area contributed by atoms with Gasteiger partial charge in [0.2, 0.25) is 0 Å². The molecule has 25 heavy (non-hydrogen) atoms. The Morgan fingerprint density at radius 2 is 1.64 bits per heavy atom. The van der Waals surface area contributed by atoms with Crippen molar-refractivity contribution in [2.75, 3.05) is 26.4 Å². The van der Waals surface area contributed by atoms with Crippen LogP contribution in [0, 0.1) is 0 Å². The highest BCUT2D eigenvalue weighted by atomic mass is 79.9. The zero-order valence-corrected chi connectivity index (χ0v) is 15.6. The van der Waals surface area contributed by atoms with Gasteiger partial charge in [0.05, 0.1) is 0 Å². The number of ether oxygens (including phenoxy) is 4. The first kappa shape index (κ1) is 16.5. The van der Waals surface area contributed by atoms with Gasteiger partial charge >= 0.3 is 0 Å². The molecule has 0 bridgehead atoms. The summed E-state index contributed by atoms with van der Waals surface area (Å²) in [5.74, 6) is 3.25. The summed E-state index contributed by atoms with van der Waals surface area (Å²) in [5, 5.41) is 3.55. The highest BCUT2D eigenvalue weighted by Crippen LogP contribution is 2.38. The first-order valence-corrected chi connectivity index (χ1v) is 9.21. The molecule has 0 spiro atoms. The molecule has 6 heteroatoms. The molecule has 0 saturated heterocycles. The van der Waals surface area contributed by atoms with Crippen LogP contribution in [0.5, 0.6) is 23.0 Å². The lowest BCUT2D eigenvalue weighted by Gasteiger charge is -2.24. The van der Waals surface area contributed by atoms with Gasteiger partial charge in [0.1, 0.15) is 26.4 Å². The minimum absolute atomic E-state index is 0.130. The summed E-state index contributed by atoms with van der Waals surface area (Å²) < 4.78 is 23.8. The molecular formula is C19H20BrNO4. The van der Waals surface area contributed by atoms with Crippen LogP contribution in [-0.2, 0) is 6.54 Å². The third kappa shape index (κ3) is 3.41. The van der Waals surface area contributed by atoms with Crippen molar-refractivity contribution in [2.24, 2.45) is 0 Å². The van der Waals surface area contributed by atoms with Gasteiger partial charge in [-0.05, 0) is 30.7 Å². The standard InChI is InChI=1S/C19H20BrNO4/c1-12(14-9-17-18(10-15(14)20)24-6-5-23-17)21-11-13-3-2-4-16-19(13)25-8-7-22-16/h2-4,9-10,12,21H,5-8,11H2,1H3/t12-/m1/s1. The van der Waals surface area contributed by atoms with Crippen molar-refractivity contribution in [3.8, 4) is 23.0 Å². The molecule has 2 aliphatic heterocycles. The first-order valence-electron chi connectivity index (χ1n) is 8.42. The Labute approximate surface area is 155 Å². The summed E-state index contributed by atoms with van der Waals surface area (Å²) in [7, 11) is 0. The smallest absolute Gasteiger partial charge is 0.165 e. The van der Waals surface area contributed by atoms with Crippen LogP contribution in [0.15, 0.2) is 34.8 Å². The third-order valence-electron chi connectivity index (χ3n) is 4.37. The highest BCUT2D eigenvalue weighted by Gasteiger charge is 2.19. The Hall–Kier alpha value is -1.92. The van der Waals surface area contributed by atoms with Gasteiger partial charge in [0.25, 0.3) is 0 Å². The van der Waals surface area contributed by atoms with Gasteiger partial charge < -0.3 is 24.3 Å². The van der Waals surface area contributed by atoms with Crippen molar-refractivity contribution in [3.05, 3.63) is 45.9 Å². The van der Waals surface area contributed by atoms with Gasteiger partial charge in [-0.3, -0.25) is 0 Å². The number of benzene rings is 2. The van der Waals surface area contributed by atoms with Crippen LogP contribution in [0.4, 0.5) is 0 Å². The molecule has 0 saturated carbocycles. The van der Waals surface area contributed by atoms with Crippen molar-refractivity contribution >= 4 is 15.9 Å². The van der Waals surface area contributed by atoms with E-state index in [9.17, 15) is 0 Å². The average molecular weight is 406 g/mol. The van der Waals surface area contributed by atoms with Crippen LogP contribution in [0.2, 0.25) is 0 Å². The number of rotatable bonds is 4. The van der Waals surface area contributed by atoms with Gasteiger partial charge in [-0.25, -0.2) is 0 Å². The Morgan fingerprint density at radius 1 is 0.960 bits per heavy atom. The number of para-hydroxylation sites is 1. The predicted octanol–water partition coefficient (Wildman–Crippen LogP) is 3.84. The van der Waals surface area contributed by atoms with Crippen molar-refractivity contribution in [2.45, 2.75) is 19.5 Å². The minimum atomic E-state index is 0.130.